The van der Waals surface area contributed by atoms with Gasteiger partial charge in [0.05, 0.1) is 20.2 Å². The molecule has 0 radical (unpaired) electrons. The number of ether oxygens (including phenoxy) is 1. The quantitative estimate of drug-likeness (QED) is 0.563. The highest BCUT2D eigenvalue weighted by molar-refractivity contribution is 7.09. The van der Waals surface area contributed by atoms with Crippen LogP contribution in [0.1, 0.15) is 62.8 Å². The minimum absolute atomic E-state index is 0.100. The molecule has 6 heteroatoms. The van der Waals surface area contributed by atoms with Gasteiger partial charge in [0.15, 0.2) is 5.78 Å². The van der Waals surface area contributed by atoms with Gasteiger partial charge in [-0.1, -0.05) is 38.1 Å². The summed E-state index contributed by atoms with van der Waals surface area (Å²) in [6, 6.07) is 11.8. The van der Waals surface area contributed by atoms with Crippen molar-refractivity contribution in [3.8, 4) is 5.75 Å². The molecule has 5 nitrogen and oxygen atoms in total. The number of hydrogen-bond donors (Lipinski definition) is 1. The number of H-pyrrole nitrogens is 1. The fraction of sp³-hybridized carbons (Fsp3) is 0.360. The maximum atomic E-state index is 13.7. The van der Waals surface area contributed by atoms with Crippen molar-refractivity contribution < 1.29 is 14.3 Å². The largest absolute Gasteiger partial charge is 0.496 e. The number of carbonyl (C=O) groups excluding carboxylic acids is 2. The number of Topliss-reactive ketones (excluding diaryl/α,β-unsaturated/α-hetero) is 1. The Morgan fingerprint density at radius 3 is 2.65 bits per heavy atom. The molecule has 1 aliphatic carbocycles. The van der Waals surface area contributed by atoms with E-state index in [1.54, 1.807) is 18.4 Å². The highest BCUT2D eigenvalue weighted by atomic mass is 32.1. The van der Waals surface area contributed by atoms with Gasteiger partial charge in [-0.15, -0.1) is 11.3 Å². The van der Waals surface area contributed by atoms with E-state index in [-0.39, 0.29) is 17.1 Å². The van der Waals surface area contributed by atoms with E-state index in [4.69, 9.17) is 4.74 Å². The van der Waals surface area contributed by atoms with E-state index in [2.05, 4.69) is 18.8 Å². The number of nitrogens with zero attached hydrogens (tertiary/aromatic N) is 1. The number of fused-ring (bicyclic) bond motifs is 1. The van der Waals surface area contributed by atoms with Gasteiger partial charge in [-0.05, 0) is 41.8 Å². The smallest absolute Gasteiger partial charge is 0.271 e. The van der Waals surface area contributed by atoms with Crippen LogP contribution in [0.4, 0.5) is 0 Å². The van der Waals surface area contributed by atoms with Crippen LogP contribution in [-0.4, -0.2) is 28.7 Å². The van der Waals surface area contributed by atoms with Gasteiger partial charge in [-0.25, -0.2) is 0 Å². The van der Waals surface area contributed by atoms with E-state index in [1.165, 1.54) is 0 Å². The predicted molar refractivity (Wildman–Crippen MR) is 123 cm³/mol. The van der Waals surface area contributed by atoms with Gasteiger partial charge in [0.1, 0.15) is 11.4 Å². The summed E-state index contributed by atoms with van der Waals surface area (Å²) in [7, 11) is 1.64. The maximum Gasteiger partial charge on any atom is 0.271 e. The number of thiophene rings is 1. The fourth-order valence-corrected chi connectivity index (χ4v) is 5.15. The molecule has 2 aromatic heterocycles. The average molecular weight is 437 g/mol. The minimum atomic E-state index is -0.101. The molecule has 3 aromatic rings. The van der Waals surface area contributed by atoms with Crippen LogP contribution in [0.3, 0.4) is 0 Å². The van der Waals surface area contributed by atoms with Crippen molar-refractivity contribution in [3.05, 3.63) is 74.7 Å². The van der Waals surface area contributed by atoms with E-state index in [0.717, 1.165) is 33.9 Å². The van der Waals surface area contributed by atoms with Crippen molar-refractivity contribution in [1.82, 2.24) is 9.88 Å². The molecule has 162 valence electrons. The molecule has 0 bridgehead atoms. The van der Waals surface area contributed by atoms with Gasteiger partial charge in [0, 0.05) is 28.1 Å². The summed E-state index contributed by atoms with van der Waals surface area (Å²) >= 11 is 1.63. The van der Waals surface area contributed by atoms with E-state index in [0.29, 0.717) is 30.8 Å². The number of aromatic amines is 1. The third-order valence-corrected chi connectivity index (χ3v) is 6.74. The lowest BCUT2D eigenvalue weighted by Gasteiger charge is -2.28. The number of ketones is 1. The van der Waals surface area contributed by atoms with Crippen molar-refractivity contribution >= 4 is 23.0 Å². The number of methoxy groups -OCH3 is 1. The number of aromatic nitrogens is 1. The van der Waals surface area contributed by atoms with E-state index in [1.807, 2.05) is 53.6 Å². The highest BCUT2D eigenvalue weighted by Gasteiger charge is 2.36. The average Bonchev–Trinajstić information content (AvgIpc) is 3.34. The Morgan fingerprint density at radius 2 is 1.94 bits per heavy atom. The number of benzene rings is 1. The molecular formula is C25H28N2O3S. The van der Waals surface area contributed by atoms with Crippen LogP contribution in [0.15, 0.2) is 41.8 Å². The summed E-state index contributed by atoms with van der Waals surface area (Å²) in [5.74, 6) is 0.774. The number of carbonyl (C=O) groups is 2. The highest BCUT2D eigenvalue weighted by Crippen LogP contribution is 2.37. The van der Waals surface area contributed by atoms with Gasteiger partial charge in [-0.2, -0.15) is 0 Å². The van der Waals surface area contributed by atoms with Gasteiger partial charge < -0.3 is 14.6 Å². The van der Waals surface area contributed by atoms with Crippen LogP contribution in [0.2, 0.25) is 0 Å². The first-order chi connectivity index (χ1) is 14.8. The van der Waals surface area contributed by atoms with Crippen molar-refractivity contribution in [3.63, 3.8) is 0 Å². The second-order valence-corrected chi connectivity index (χ2v) is 10.0. The lowest BCUT2D eigenvalue weighted by atomic mass is 9.75. The summed E-state index contributed by atoms with van der Waals surface area (Å²) in [6.07, 6.45) is 1.27. The van der Waals surface area contributed by atoms with E-state index >= 15 is 0 Å². The molecule has 0 atom stereocenters. The fourth-order valence-electron chi connectivity index (χ4n) is 4.43. The molecule has 1 amide bonds. The first-order valence-electron chi connectivity index (χ1n) is 10.5. The summed E-state index contributed by atoms with van der Waals surface area (Å²) < 4.78 is 5.51. The van der Waals surface area contributed by atoms with Crippen LogP contribution < -0.4 is 4.74 Å². The van der Waals surface area contributed by atoms with Crippen LogP contribution in [0.25, 0.3) is 0 Å². The number of para-hydroxylation sites is 1. The van der Waals surface area contributed by atoms with Crippen LogP contribution in [0.5, 0.6) is 5.75 Å². The molecule has 0 fully saturated rings. The number of nitrogens with one attached hydrogen (secondary N) is 1. The minimum Gasteiger partial charge on any atom is -0.496 e. The molecular weight excluding hydrogens is 408 g/mol. The van der Waals surface area contributed by atoms with Gasteiger partial charge in [0.2, 0.25) is 0 Å². The van der Waals surface area contributed by atoms with Crippen molar-refractivity contribution in [1.29, 1.82) is 0 Å². The molecule has 1 aliphatic rings. The standard InChI is InChI=1S/C25H28N2O3S/c1-16-22-19(12-25(2,3)13-20(22)28)26-23(16)24(29)27(15-18-9-7-11-31-18)14-17-8-5-6-10-21(17)30-4/h5-11,26H,12-15H2,1-4H3. The van der Waals surface area contributed by atoms with E-state index < -0.39 is 0 Å². The molecule has 0 saturated carbocycles. The third kappa shape index (κ3) is 4.30. The zero-order chi connectivity index (χ0) is 22.2. The summed E-state index contributed by atoms with van der Waals surface area (Å²) in [5, 5.41) is 2.01. The topological polar surface area (TPSA) is 62.4 Å². The SMILES string of the molecule is COc1ccccc1CN(Cc1cccs1)C(=O)c1[nH]c2c(c1C)C(=O)CC(C)(C)C2. The number of rotatable bonds is 6. The van der Waals surface area contributed by atoms with Gasteiger partial charge in [0.25, 0.3) is 5.91 Å². The van der Waals surface area contributed by atoms with Crippen molar-refractivity contribution in [2.24, 2.45) is 5.41 Å². The second-order valence-electron chi connectivity index (χ2n) is 8.97. The first-order valence-corrected chi connectivity index (χ1v) is 11.4. The lowest BCUT2D eigenvalue weighted by Crippen LogP contribution is -2.30. The monoisotopic (exact) mass is 436 g/mol. The van der Waals surface area contributed by atoms with Crippen molar-refractivity contribution in [2.75, 3.05) is 7.11 Å². The predicted octanol–water partition coefficient (Wildman–Crippen LogP) is 5.39. The van der Waals surface area contributed by atoms with Crippen LogP contribution >= 0.6 is 11.3 Å². The molecule has 31 heavy (non-hydrogen) atoms. The summed E-state index contributed by atoms with van der Waals surface area (Å²) in [5.41, 5.74) is 3.71. The second kappa shape index (κ2) is 8.35. The van der Waals surface area contributed by atoms with E-state index in [9.17, 15) is 9.59 Å². The summed E-state index contributed by atoms with van der Waals surface area (Å²) in [4.78, 5) is 32.8. The maximum absolute atomic E-state index is 13.7. The molecule has 4 rings (SSSR count). The molecule has 1 aromatic carbocycles. The summed E-state index contributed by atoms with van der Waals surface area (Å²) in [6.45, 7) is 6.98. The molecule has 2 heterocycles. The Hall–Kier alpha value is -2.86. The van der Waals surface area contributed by atoms with Gasteiger partial charge >= 0.3 is 0 Å². The van der Waals surface area contributed by atoms with Gasteiger partial charge in [-0.3, -0.25) is 9.59 Å². The lowest BCUT2D eigenvalue weighted by molar-refractivity contribution is 0.0724. The molecule has 1 N–H and O–H groups in total. The zero-order valence-corrected chi connectivity index (χ0v) is 19.3. The Kier molecular flexibility index (Phi) is 5.75. The first kappa shape index (κ1) is 21.4. The molecule has 0 unspecified atom stereocenters. The van der Waals surface area contributed by atoms with Crippen LogP contribution in [0, 0.1) is 12.3 Å². The Labute approximate surface area is 187 Å². The number of amides is 1. The molecule has 0 aliphatic heterocycles. The molecule has 0 saturated heterocycles. The van der Waals surface area contributed by atoms with Crippen molar-refractivity contribution in [2.45, 2.75) is 46.7 Å². The Balaban J connectivity index is 1.70. The van der Waals surface area contributed by atoms with Crippen LogP contribution in [-0.2, 0) is 19.5 Å². The molecule has 0 spiro atoms. The Bertz CT molecular complexity index is 1110. The third-order valence-electron chi connectivity index (χ3n) is 5.88. The number of hydrogen-bond acceptors (Lipinski definition) is 4. The normalized spacial score (nSPS) is 14.9. The Morgan fingerprint density at radius 1 is 1.16 bits per heavy atom. The zero-order valence-electron chi connectivity index (χ0n) is 18.5.